The Balaban J connectivity index is 2.75. The topological polar surface area (TPSA) is 89.3 Å². The van der Waals surface area contributed by atoms with Gasteiger partial charge in [-0.1, -0.05) is 0 Å². The maximum absolute atomic E-state index is 10.6. The van der Waals surface area contributed by atoms with Gasteiger partial charge in [-0.05, 0) is 19.3 Å². The second-order valence-corrected chi connectivity index (χ2v) is 2.79. The maximum Gasteiger partial charge on any atom is 0.251 e. The monoisotopic (exact) mass is 144 g/mol. The van der Waals surface area contributed by atoms with E-state index in [4.69, 9.17) is 11.5 Å². The summed E-state index contributed by atoms with van der Waals surface area (Å²) in [4.78, 5) is 10.6. The molecule has 58 valence electrons. The Bertz CT molecular complexity index is 160. The molecule has 0 spiro atoms. The Morgan fingerprint density at radius 2 is 2.30 bits per heavy atom. The summed E-state index contributed by atoms with van der Waals surface area (Å²) in [6.07, 6.45) is 1.86. The van der Waals surface area contributed by atoms with E-state index in [1.54, 1.807) is 0 Å². The lowest BCUT2D eigenvalue weighted by Gasteiger charge is -2.22. The second-order valence-electron chi connectivity index (χ2n) is 2.79. The van der Waals surface area contributed by atoms with Gasteiger partial charge in [0, 0.05) is 6.04 Å². The van der Waals surface area contributed by atoms with Crippen molar-refractivity contribution in [3.63, 3.8) is 0 Å². The summed E-state index contributed by atoms with van der Waals surface area (Å²) in [7, 11) is 0. The van der Waals surface area contributed by atoms with Gasteiger partial charge in [0.25, 0.3) is 5.91 Å². The van der Waals surface area contributed by atoms with Crippen molar-refractivity contribution in [1.82, 2.24) is 0 Å². The molecular weight excluding hydrogens is 132 g/mol. The average Bonchev–Trinajstić information content (AvgIpc) is 2.15. The van der Waals surface area contributed by atoms with Gasteiger partial charge in [0.1, 0.15) is 0 Å². The summed E-state index contributed by atoms with van der Waals surface area (Å²) in [6, 6.07) is -0.468. The molecular formula is C6H12N2O2. The zero-order valence-electron chi connectivity index (χ0n) is 5.71. The van der Waals surface area contributed by atoms with E-state index < -0.39 is 17.6 Å². The lowest BCUT2D eigenvalue weighted by atomic mass is 9.98. The Morgan fingerprint density at radius 3 is 2.50 bits per heavy atom. The van der Waals surface area contributed by atoms with E-state index in [2.05, 4.69) is 0 Å². The van der Waals surface area contributed by atoms with Gasteiger partial charge in [-0.15, -0.1) is 0 Å². The fraction of sp³-hybridized carbons (Fsp3) is 0.833. The Morgan fingerprint density at radius 1 is 1.70 bits per heavy atom. The highest BCUT2D eigenvalue weighted by atomic mass is 16.3. The van der Waals surface area contributed by atoms with Crippen molar-refractivity contribution >= 4 is 5.91 Å². The van der Waals surface area contributed by atoms with E-state index in [1.807, 2.05) is 0 Å². The molecule has 0 heterocycles. The molecule has 0 aromatic rings. The second kappa shape index (κ2) is 2.21. The SMILES string of the molecule is NC(=O)C1(O)CCCC1N. The first-order valence-electron chi connectivity index (χ1n) is 3.35. The van der Waals surface area contributed by atoms with Gasteiger partial charge in [0.15, 0.2) is 5.60 Å². The van der Waals surface area contributed by atoms with Gasteiger partial charge < -0.3 is 16.6 Å². The van der Waals surface area contributed by atoms with E-state index in [0.717, 1.165) is 6.42 Å². The zero-order chi connectivity index (χ0) is 7.78. The normalized spacial score (nSPS) is 40.0. The molecule has 1 aliphatic carbocycles. The molecule has 0 radical (unpaired) electrons. The highest BCUT2D eigenvalue weighted by molar-refractivity contribution is 5.84. The minimum absolute atomic E-state index is 0.406. The van der Waals surface area contributed by atoms with Crippen LogP contribution in [0.1, 0.15) is 19.3 Å². The Kier molecular flexibility index (Phi) is 1.66. The number of hydrogen-bond donors (Lipinski definition) is 3. The van der Waals surface area contributed by atoms with Crippen LogP contribution >= 0.6 is 0 Å². The number of aliphatic hydroxyl groups is 1. The van der Waals surface area contributed by atoms with Gasteiger partial charge in [-0.2, -0.15) is 0 Å². The van der Waals surface area contributed by atoms with Gasteiger partial charge in [0.05, 0.1) is 0 Å². The smallest absolute Gasteiger partial charge is 0.251 e. The Labute approximate surface area is 59.2 Å². The van der Waals surface area contributed by atoms with Crippen LogP contribution in [-0.4, -0.2) is 22.7 Å². The predicted molar refractivity (Wildman–Crippen MR) is 36.0 cm³/mol. The molecule has 0 aliphatic heterocycles. The van der Waals surface area contributed by atoms with Crippen molar-refractivity contribution in [3.8, 4) is 0 Å². The first-order valence-corrected chi connectivity index (χ1v) is 3.35. The third-order valence-corrected chi connectivity index (χ3v) is 2.11. The van der Waals surface area contributed by atoms with Crippen molar-refractivity contribution in [2.24, 2.45) is 11.5 Å². The van der Waals surface area contributed by atoms with E-state index >= 15 is 0 Å². The summed E-state index contributed by atoms with van der Waals surface area (Å²) in [5.41, 5.74) is 8.99. The third-order valence-electron chi connectivity index (χ3n) is 2.11. The molecule has 2 unspecified atom stereocenters. The number of carbonyl (C=O) groups excluding carboxylic acids is 1. The van der Waals surface area contributed by atoms with Gasteiger partial charge >= 0.3 is 0 Å². The highest BCUT2D eigenvalue weighted by Crippen LogP contribution is 2.27. The number of hydrogen-bond acceptors (Lipinski definition) is 3. The quantitative estimate of drug-likeness (QED) is 0.428. The molecule has 1 amide bonds. The highest BCUT2D eigenvalue weighted by Gasteiger charge is 2.43. The lowest BCUT2D eigenvalue weighted by Crippen LogP contribution is -2.53. The average molecular weight is 144 g/mol. The van der Waals surface area contributed by atoms with Crippen molar-refractivity contribution in [2.45, 2.75) is 30.9 Å². The molecule has 1 rings (SSSR count). The number of primary amides is 1. The summed E-state index contributed by atoms with van der Waals surface area (Å²) in [5.74, 6) is -0.697. The first kappa shape index (κ1) is 7.50. The van der Waals surface area contributed by atoms with Crippen molar-refractivity contribution in [2.75, 3.05) is 0 Å². The van der Waals surface area contributed by atoms with Crippen LogP contribution in [-0.2, 0) is 4.79 Å². The molecule has 1 saturated carbocycles. The van der Waals surface area contributed by atoms with Crippen LogP contribution in [0, 0.1) is 0 Å². The van der Waals surface area contributed by atoms with E-state index in [-0.39, 0.29) is 0 Å². The zero-order valence-corrected chi connectivity index (χ0v) is 5.71. The van der Waals surface area contributed by atoms with Crippen molar-refractivity contribution < 1.29 is 9.90 Å². The Hall–Kier alpha value is -0.610. The molecule has 4 nitrogen and oxygen atoms in total. The number of carbonyl (C=O) groups is 1. The third kappa shape index (κ3) is 0.892. The van der Waals surface area contributed by atoms with Crippen LogP contribution in [0.5, 0.6) is 0 Å². The van der Waals surface area contributed by atoms with Crippen LogP contribution in [0.25, 0.3) is 0 Å². The molecule has 0 bridgehead atoms. The standard InChI is InChI=1S/C6H12N2O2/c7-4-2-1-3-6(4,10)5(8)9/h4,10H,1-3,7H2,(H2,8,9). The fourth-order valence-corrected chi connectivity index (χ4v) is 1.32. The maximum atomic E-state index is 10.6. The van der Waals surface area contributed by atoms with Crippen LogP contribution in [0.3, 0.4) is 0 Å². The molecule has 0 aromatic heterocycles. The molecule has 2 atom stereocenters. The first-order chi connectivity index (χ1) is 4.57. The fourth-order valence-electron chi connectivity index (χ4n) is 1.32. The van der Waals surface area contributed by atoms with Crippen LogP contribution in [0.2, 0.25) is 0 Å². The molecule has 0 aromatic carbocycles. The summed E-state index contributed by atoms with van der Waals surface area (Å²) < 4.78 is 0. The molecule has 0 saturated heterocycles. The van der Waals surface area contributed by atoms with E-state index in [0.29, 0.717) is 12.8 Å². The molecule has 5 N–H and O–H groups in total. The van der Waals surface area contributed by atoms with E-state index in [1.165, 1.54) is 0 Å². The largest absolute Gasteiger partial charge is 0.378 e. The number of nitrogens with two attached hydrogens (primary N) is 2. The molecule has 4 heteroatoms. The molecule has 1 aliphatic rings. The summed E-state index contributed by atoms with van der Waals surface area (Å²) >= 11 is 0. The minimum Gasteiger partial charge on any atom is -0.378 e. The van der Waals surface area contributed by atoms with Gasteiger partial charge in [-0.25, -0.2) is 0 Å². The number of rotatable bonds is 1. The van der Waals surface area contributed by atoms with Crippen LogP contribution < -0.4 is 11.5 Å². The molecule has 1 fully saturated rings. The summed E-state index contributed by atoms with van der Waals surface area (Å²) in [6.45, 7) is 0. The van der Waals surface area contributed by atoms with Crippen LogP contribution in [0.4, 0.5) is 0 Å². The van der Waals surface area contributed by atoms with E-state index in [9.17, 15) is 9.90 Å². The minimum atomic E-state index is -1.43. The summed E-state index contributed by atoms with van der Waals surface area (Å²) in [5, 5.41) is 9.44. The molecule has 10 heavy (non-hydrogen) atoms. The van der Waals surface area contributed by atoms with Crippen molar-refractivity contribution in [1.29, 1.82) is 0 Å². The van der Waals surface area contributed by atoms with Crippen LogP contribution in [0.15, 0.2) is 0 Å². The van der Waals surface area contributed by atoms with Crippen molar-refractivity contribution in [3.05, 3.63) is 0 Å². The van der Waals surface area contributed by atoms with Gasteiger partial charge in [-0.3, -0.25) is 4.79 Å². The number of amides is 1. The lowest BCUT2D eigenvalue weighted by molar-refractivity contribution is -0.136. The van der Waals surface area contributed by atoms with Gasteiger partial charge in [0.2, 0.25) is 0 Å². The predicted octanol–water partition coefficient (Wildman–Crippen LogP) is -1.29.